The number of nitrogens with zero attached hydrogens (tertiary/aromatic N) is 1. The van der Waals surface area contributed by atoms with Gasteiger partial charge in [0.1, 0.15) is 11.6 Å². The molecule has 1 aromatic carbocycles. The predicted octanol–water partition coefficient (Wildman–Crippen LogP) is 3.61. The fourth-order valence-electron chi connectivity index (χ4n) is 3.46. The molecule has 2 aliphatic carbocycles. The van der Waals surface area contributed by atoms with Crippen LogP contribution in [-0.4, -0.2) is 25.0 Å². The summed E-state index contributed by atoms with van der Waals surface area (Å²) in [5.74, 6) is 0.528. The van der Waals surface area contributed by atoms with Gasteiger partial charge >= 0.3 is 5.97 Å². The Kier molecular flexibility index (Phi) is 6.35. The van der Waals surface area contributed by atoms with Crippen LogP contribution in [0.25, 0.3) is 6.08 Å². The molecule has 1 aromatic rings. The number of carbonyl (C=O) groups is 2. The molecule has 28 heavy (non-hydrogen) atoms. The van der Waals surface area contributed by atoms with Crippen molar-refractivity contribution in [3.8, 4) is 17.6 Å². The van der Waals surface area contributed by atoms with Gasteiger partial charge in [0.2, 0.25) is 0 Å². The molecule has 2 atom stereocenters. The normalized spacial score (nSPS) is 22.1. The molecule has 0 radical (unpaired) electrons. The van der Waals surface area contributed by atoms with E-state index in [1.165, 1.54) is 19.6 Å². The summed E-state index contributed by atoms with van der Waals surface area (Å²) in [5.41, 5.74) is 0.675. The average Bonchev–Trinajstić information content (AvgIpc) is 3.54. The lowest BCUT2D eigenvalue weighted by Gasteiger charge is -2.29. The number of amides is 1. The van der Waals surface area contributed by atoms with Crippen molar-refractivity contribution in [1.82, 2.24) is 5.32 Å². The maximum absolute atomic E-state index is 12.5. The molecule has 6 nitrogen and oxygen atoms in total. The van der Waals surface area contributed by atoms with Crippen molar-refractivity contribution in [2.75, 3.05) is 7.11 Å². The molecule has 0 aromatic heterocycles. The van der Waals surface area contributed by atoms with Crippen LogP contribution in [0.5, 0.6) is 11.5 Å². The van der Waals surface area contributed by atoms with Gasteiger partial charge in [-0.2, -0.15) is 5.26 Å². The standard InChI is InChI=1S/C22H26N2O4/c1-14-5-3-4-6-18(14)24-21(25)17(13-23)11-15-7-10-19(20(12-15)27-2)28-22(26)16-8-9-16/h7,10-12,14,16,18H,3-6,8-9H2,1-2H3,(H,24,25)/b17-11+/t14-,18-/m0/s1. The summed E-state index contributed by atoms with van der Waals surface area (Å²) < 4.78 is 10.7. The van der Waals surface area contributed by atoms with Gasteiger partial charge in [-0.1, -0.05) is 25.8 Å². The van der Waals surface area contributed by atoms with Crippen molar-refractivity contribution in [3.05, 3.63) is 29.3 Å². The average molecular weight is 382 g/mol. The van der Waals surface area contributed by atoms with Crippen LogP contribution in [-0.2, 0) is 9.59 Å². The number of nitriles is 1. The number of ether oxygens (including phenoxy) is 2. The van der Waals surface area contributed by atoms with Crippen LogP contribution in [0.1, 0.15) is 51.0 Å². The molecular formula is C22H26N2O4. The van der Waals surface area contributed by atoms with Gasteiger partial charge in [0.25, 0.3) is 5.91 Å². The smallest absolute Gasteiger partial charge is 0.314 e. The number of methoxy groups -OCH3 is 1. The fraction of sp³-hybridized carbons (Fsp3) is 0.500. The third-order valence-electron chi connectivity index (χ3n) is 5.41. The lowest BCUT2D eigenvalue weighted by atomic mass is 9.86. The highest BCUT2D eigenvalue weighted by Crippen LogP contribution is 2.34. The van der Waals surface area contributed by atoms with E-state index in [1.807, 2.05) is 6.07 Å². The second-order valence-electron chi connectivity index (χ2n) is 7.62. The first-order valence-electron chi connectivity index (χ1n) is 9.84. The molecule has 0 bridgehead atoms. The van der Waals surface area contributed by atoms with Crippen LogP contribution in [0.15, 0.2) is 23.8 Å². The number of hydrogen-bond donors (Lipinski definition) is 1. The van der Waals surface area contributed by atoms with E-state index in [4.69, 9.17) is 9.47 Å². The molecule has 0 heterocycles. The third-order valence-corrected chi connectivity index (χ3v) is 5.41. The Morgan fingerprint density at radius 3 is 2.57 bits per heavy atom. The van der Waals surface area contributed by atoms with E-state index in [0.29, 0.717) is 23.0 Å². The molecule has 148 valence electrons. The molecule has 0 aliphatic heterocycles. The molecular weight excluding hydrogens is 356 g/mol. The van der Waals surface area contributed by atoms with Gasteiger partial charge in [-0.05, 0) is 55.4 Å². The summed E-state index contributed by atoms with van der Waals surface area (Å²) in [7, 11) is 1.49. The van der Waals surface area contributed by atoms with E-state index in [2.05, 4.69) is 12.2 Å². The van der Waals surface area contributed by atoms with Crippen LogP contribution in [0, 0.1) is 23.2 Å². The van der Waals surface area contributed by atoms with Gasteiger partial charge in [-0.25, -0.2) is 0 Å². The minimum absolute atomic E-state index is 0.0136. The van der Waals surface area contributed by atoms with E-state index in [1.54, 1.807) is 18.2 Å². The maximum Gasteiger partial charge on any atom is 0.314 e. The minimum atomic E-state index is -0.357. The first-order chi connectivity index (χ1) is 13.5. The number of nitrogens with one attached hydrogen (secondary N) is 1. The second kappa shape index (κ2) is 8.92. The van der Waals surface area contributed by atoms with Gasteiger partial charge < -0.3 is 14.8 Å². The number of hydrogen-bond acceptors (Lipinski definition) is 5. The molecule has 2 saturated carbocycles. The van der Waals surface area contributed by atoms with Gasteiger partial charge in [-0.15, -0.1) is 0 Å². The minimum Gasteiger partial charge on any atom is -0.493 e. The third kappa shape index (κ3) is 4.92. The monoisotopic (exact) mass is 382 g/mol. The molecule has 0 saturated heterocycles. The number of esters is 1. The Labute approximate surface area is 165 Å². The van der Waals surface area contributed by atoms with E-state index in [0.717, 1.165) is 32.1 Å². The second-order valence-corrected chi connectivity index (χ2v) is 7.62. The van der Waals surface area contributed by atoms with Gasteiger partial charge in [0.05, 0.1) is 13.0 Å². The summed E-state index contributed by atoms with van der Waals surface area (Å²) >= 11 is 0. The van der Waals surface area contributed by atoms with Gasteiger partial charge in [0.15, 0.2) is 11.5 Å². The number of rotatable bonds is 6. The molecule has 0 unspecified atom stereocenters. The molecule has 1 N–H and O–H groups in total. The quantitative estimate of drug-likeness (QED) is 0.351. The highest BCUT2D eigenvalue weighted by atomic mass is 16.6. The summed E-state index contributed by atoms with van der Waals surface area (Å²) in [6.07, 6.45) is 7.57. The molecule has 1 amide bonds. The Hall–Kier alpha value is -2.81. The Balaban J connectivity index is 1.73. The van der Waals surface area contributed by atoms with Crippen molar-refractivity contribution in [3.63, 3.8) is 0 Å². The summed E-state index contributed by atoms with van der Waals surface area (Å²) in [6.45, 7) is 2.13. The van der Waals surface area contributed by atoms with Crippen molar-refractivity contribution in [2.45, 2.75) is 51.5 Å². The number of carbonyl (C=O) groups excluding carboxylic acids is 2. The van der Waals surface area contributed by atoms with Gasteiger partial charge in [0, 0.05) is 6.04 Å². The predicted molar refractivity (Wildman–Crippen MR) is 105 cm³/mol. The first-order valence-corrected chi connectivity index (χ1v) is 9.84. The number of benzene rings is 1. The van der Waals surface area contributed by atoms with Crippen LogP contribution >= 0.6 is 0 Å². The molecule has 0 spiro atoms. The molecule has 2 aliphatic rings. The van der Waals surface area contributed by atoms with E-state index in [9.17, 15) is 14.9 Å². The fourth-order valence-corrected chi connectivity index (χ4v) is 3.46. The Morgan fingerprint density at radius 1 is 1.18 bits per heavy atom. The zero-order valence-corrected chi connectivity index (χ0v) is 16.4. The lowest BCUT2D eigenvalue weighted by Crippen LogP contribution is -2.41. The molecule has 2 fully saturated rings. The maximum atomic E-state index is 12.5. The zero-order chi connectivity index (χ0) is 20.1. The Morgan fingerprint density at radius 2 is 1.93 bits per heavy atom. The van der Waals surface area contributed by atoms with E-state index in [-0.39, 0.29) is 29.4 Å². The van der Waals surface area contributed by atoms with Crippen molar-refractivity contribution >= 4 is 18.0 Å². The van der Waals surface area contributed by atoms with Crippen LogP contribution in [0.2, 0.25) is 0 Å². The highest BCUT2D eigenvalue weighted by Gasteiger charge is 2.32. The molecule has 3 rings (SSSR count). The van der Waals surface area contributed by atoms with Crippen LogP contribution in [0.3, 0.4) is 0 Å². The summed E-state index contributed by atoms with van der Waals surface area (Å²) in [4.78, 5) is 24.4. The van der Waals surface area contributed by atoms with Crippen molar-refractivity contribution in [2.24, 2.45) is 11.8 Å². The summed E-state index contributed by atoms with van der Waals surface area (Å²) in [6, 6.07) is 7.08. The lowest BCUT2D eigenvalue weighted by molar-refractivity contribution is -0.135. The zero-order valence-electron chi connectivity index (χ0n) is 16.4. The van der Waals surface area contributed by atoms with E-state index >= 15 is 0 Å². The van der Waals surface area contributed by atoms with Crippen molar-refractivity contribution < 1.29 is 19.1 Å². The first kappa shape index (κ1) is 19.9. The van der Waals surface area contributed by atoms with E-state index < -0.39 is 0 Å². The molecule has 6 heteroatoms. The highest BCUT2D eigenvalue weighted by molar-refractivity contribution is 6.01. The SMILES string of the molecule is COc1cc(/C=C(\C#N)C(=O)N[C@H]2CCCC[C@@H]2C)ccc1OC(=O)C1CC1. The topological polar surface area (TPSA) is 88.4 Å². The summed E-state index contributed by atoms with van der Waals surface area (Å²) in [5, 5.41) is 12.4. The van der Waals surface area contributed by atoms with Crippen LogP contribution < -0.4 is 14.8 Å². The van der Waals surface area contributed by atoms with Crippen LogP contribution in [0.4, 0.5) is 0 Å². The van der Waals surface area contributed by atoms with Crippen molar-refractivity contribution in [1.29, 1.82) is 5.26 Å². The largest absolute Gasteiger partial charge is 0.493 e. The van der Waals surface area contributed by atoms with Gasteiger partial charge in [-0.3, -0.25) is 9.59 Å². The Bertz CT molecular complexity index is 820.